The largest absolute Gasteiger partial charge is 0.466 e. The SMILES string of the molecule is CCOC(=O)[C@H]1CC1c1ccc(-c2nc3cc(C(=O)N4CCc5ccccc5[C@H]4C)cc(C4CC4)n3n2)c(F)c1. The van der Waals surface area contributed by atoms with E-state index in [4.69, 9.17) is 4.74 Å². The number of esters is 1. The zero-order valence-electron chi connectivity index (χ0n) is 22.6. The van der Waals surface area contributed by atoms with Crippen molar-refractivity contribution in [2.24, 2.45) is 5.92 Å². The highest BCUT2D eigenvalue weighted by Crippen LogP contribution is 2.48. The van der Waals surface area contributed by atoms with Gasteiger partial charge in [-0.1, -0.05) is 30.3 Å². The first kappa shape index (κ1) is 24.9. The first-order valence-corrected chi connectivity index (χ1v) is 14.2. The quantitative estimate of drug-likeness (QED) is 0.288. The Morgan fingerprint density at radius 1 is 1.10 bits per heavy atom. The second kappa shape index (κ2) is 9.54. The Morgan fingerprint density at radius 2 is 1.93 bits per heavy atom. The molecule has 2 aromatic carbocycles. The molecule has 40 heavy (non-hydrogen) atoms. The van der Waals surface area contributed by atoms with E-state index >= 15 is 4.39 Å². The molecule has 204 valence electrons. The third-order valence-electron chi connectivity index (χ3n) is 8.60. The summed E-state index contributed by atoms with van der Waals surface area (Å²) in [5.41, 5.74) is 5.64. The number of carbonyl (C=O) groups excluding carboxylic acids is 2. The van der Waals surface area contributed by atoms with Crippen LogP contribution >= 0.6 is 0 Å². The lowest BCUT2D eigenvalue weighted by Gasteiger charge is -2.35. The van der Waals surface area contributed by atoms with Gasteiger partial charge in [-0.05, 0) is 86.4 Å². The lowest BCUT2D eigenvalue weighted by atomic mass is 9.93. The molecule has 2 saturated carbocycles. The van der Waals surface area contributed by atoms with Gasteiger partial charge in [-0.15, -0.1) is 5.10 Å². The highest BCUT2D eigenvalue weighted by molar-refractivity contribution is 5.96. The number of fused-ring (bicyclic) bond motifs is 2. The molecule has 8 heteroatoms. The third-order valence-corrected chi connectivity index (χ3v) is 8.60. The summed E-state index contributed by atoms with van der Waals surface area (Å²) >= 11 is 0. The van der Waals surface area contributed by atoms with Gasteiger partial charge in [0.05, 0.1) is 24.1 Å². The molecule has 2 fully saturated rings. The molecule has 4 aromatic rings. The molecule has 0 bridgehead atoms. The zero-order valence-corrected chi connectivity index (χ0v) is 22.6. The summed E-state index contributed by atoms with van der Waals surface area (Å²) in [5.74, 6) is -0.289. The molecular weight excluding hydrogens is 507 g/mol. The minimum atomic E-state index is -0.423. The molecule has 1 aliphatic heterocycles. The number of nitrogens with zero attached hydrogens (tertiary/aromatic N) is 4. The third kappa shape index (κ3) is 4.26. The van der Waals surface area contributed by atoms with Crippen LogP contribution in [0.5, 0.6) is 0 Å². The maximum atomic E-state index is 15.3. The summed E-state index contributed by atoms with van der Waals surface area (Å²) in [6, 6.07) is 17.0. The van der Waals surface area contributed by atoms with Crippen LogP contribution in [0.1, 0.15) is 83.7 Å². The fraction of sp³-hybridized carbons (Fsp3) is 0.375. The number of carbonyl (C=O) groups is 2. The number of aromatic nitrogens is 3. The molecule has 7 rings (SSSR count). The van der Waals surface area contributed by atoms with Crippen LogP contribution in [-0.2, 0) is 16.0 Å². The molecule has 3 atom stereocenters. The Bertz CT molecular complexity index is 1660. The highest BCUT2D eigenvalue weighted by Gasteiger charge is 2.45. The van der Waals surface area contributed by atoms with Gasteiger partial charge in [-0.2, -0.15) is 0 Å². The number of hydrogen-bond acceptors (Lipinski definition) is 5. The van der Waals surface area contributed by atoms with Gasteiger partial charge in [0.2, 0.25) is 0 Å². The maximum absolute atomic E-state index is 15.3. The Hall–Kier alpha value is -4.07. The first-order valence-electron chi connectivity index (χ1n) is 14.2. The van der Waals surface area contributed by atoms with Crippen LogP contribution in [0.15, 0.2) is 54.6 Å². The lowest BCUT2D eigenvalue weighted by molar-refractivity contribution is -0.144. The summed E-state index contributed by atoms with van der Waals surface area (Å²) in [5, 5.41) is 4.69. The Balaban J connectivity index is 1.20. The van der Waals surface area contributed by atoms with Crippen molar-refractivity contribution in [3.05, 3.63) is 88.4 Å². The van der Waals surface area contributed by atoms with Gasteiger partial charge in [-0.3, -0.25) is 9.59 Å². The number of pyridine rings is 1. The van der Waals surface area contributed by atoms with E-state index in [1.807, 2.05) is 29.2 Å². The summed E-state index contributed by atoms with van der Waals surface area (Å²) in [6.45, 7) is 4.87. The van der Waals surface area contributed by atoms with E-state index in [9.17, 15) is 9.59 Å². The topological polar surface area (TPSA) is 76.8 Å². The summed E-state index contributed by atoms with van der Waals surface area (Å²) in [7, 11) is 0. The molecule has 3 aliphatic rings. The van der Waals surface area contributed by atoms with Crippen LogP contribution in [0.2, 0.25) is 0 Å². The van der Waals surface area contributed by atoms with Gasteiger partial charge in [0.1, 0.15) is 5.82 Å². The molecule has 0 N–H and O–H groups in total. The molecule has 1 amide bonds. The number of ether oxygens (including phenoxy) is 1. The second-order valence-corrected chi connectivity index (χ2v) is 11.2. The van der Waals surface area contributed by atoms with Gasteiger partial charge < -0.3 is 9.64 Å². The Kier molecular flexibility index (Phi) is 5.95. The summed E-state index contributed by atoms with van der Waals surface area (Å²) in [4.78, 5) is 32.4. The van der Waals surface area contributed by atoms with Crippen LogP contribution in [0.3, 0.4) is 0 Å². The van der Waals surface area contributed by atoms with Crippen molar-refractivity contribution in [3.8, 4) is 11.4 Å². The van der Waals surface area contributed by atoms with E-state index in [0.29, 0.717) is 42.3 Å². The van der Waals surface area contributed by atoms with Crippen molar-refractivity contribution >= 4 is 17.5 Å². The number of benzene rings is 2. The summed E-state index contributed by atoms with van der Waals surface area (Å²) < 4.78 is 22.2. The molecule has 0 saturated heterocycles. The molecular formula is C32H31FN4O3. The van der Waals surface area contributed by atoms with Crippen molar-refractivity contribution in [2.45, 2.75) is 57.4 Å². The monoisotopic (exact) mass is 538 g/mol. The average Bonchev–Trinajstić information content (AvgIpc) is 3.89. The van der Waals surface area contributed by atoms with Crippen LogP contribution in [0, 0.1) is 11.7 Å². The zero-order chi connectivity index (χ0) is 27.5. The molecule has 0 radical (unpaired) electrons. The van der Waals surface area contributed by atoms with Crippen molar-refractivity contribution in [2.75, 3.05) is 13.2 Å². The predicted octanol–water partition coefficient (Wildman–Crippen LogP) is 5.84. The van der Waals surface area contributed by atoms with Crippen molar-refractivity contribution < 1.29 is 18.7 Å². The number of rotatable bonds is 6. The lowest BCUT2D eigenvalue weighted by Crippen LogP contribution is -2.38. The van der Waals surface area contributed by atoms with Gasteiger partial charge in [0.25, 0.3) is 5.91 Å². The Morgan fingerprint density at radius 3 is 2.70 bits per heavy atom. The van der Waals surface area contributed by atoms with Crippen LogP contribution in [0.4, 0.5) is 4.39 Å². The molecule has 0 spiro atoms. The van der Waals surface area contributed by atoms with Gasteiger partial charge in [0, 0.05) is 23.7 Å². The normalized spacial score (nSPS) is 21.8. The van der Waals surface area contributed by atoms with Gasteiger partial charge >= 0.3 is 5.97 Å². The van der Waals surface area contributed by atoms with Crippen molar-refractivity contribution in [1.82, 2.24) is 19.5 Å². The standard InChI is InChI=1S/C32H31FN4O3/c1-3-40-32(39)26-17-25(26)21-10-11-24(27(33)14-21)30-34-29-16-22(15-28(20-8-9-20)37(29)35-30)31(38)36-13-12-19-6-4-5-7-23(19)18(36)2/h4-7,10-11,14-16,18,20,25-26H,3,8-9,12-13,17H2,1-2H3/t18-,25?,26+/m1/s1. The minimum Gasteiger partial charge on any atom is -0.466 e. The number of halogens is 1. The molecule has 1 unspecified atom stereocenters. The molecule has 2 aliphatic carbocycles. The predicted molar refractivity (Wildman–Crippen MR) is 147 cm³/mol. The van der Waals surface area contributed by atoms with E-state index < -0.39 is 5.82 Å². The second-order valence-electron chi connectivity index (χ2n) is 11.2. The van der Waals surface area contributed by atoms with Crippen molar-refractivity contribution in [3.63, 3.8) is 0 Å². The molecule has 3 heterocycles. The highest BCUT2D eigenvalue weighted by atomic mass is 19.1. The average molecular weight is 539 g/mol. The van der Waals surface area contributed by atoms with Crippen LogP contribution < -0.4 is 0 Å². The van der Waals surface area contributed by atoms with E-state index in [-0.39, 0.29) is 35.6 Å². The van der Waals surface area contributed by atoms with Crippen LogP contribution in [-0.4, -0.2) is 44.5 Å². The van der Waals surface area contributed by atoms with Gasteiger partial charge in [-0.25, -0.2) is 13.9 Å². The van der Waals surface area contributed by atoms with E-state index in [0.717, 1.165) is 30.5 Å². The van der Waals surface area contributed by atoms with E-state index in [1.165, 1.54) is 17.2 Å². The molecule has 2 aromatic heterocycles. The van der Waals surface area contributed by atoms with Gasteiger partial charge in [0.15, 0.2) is 11.5 Å². The molecule has 7 nitrogen and oxygen atoms in total. The van der Waals surface area contributed by atoms with Crippen molar-refractivity contribution in [1.29, 1.82) is 0 Å². The fourth-order valence-electron chi connectivity index (χ4n) is 6.15. The van der Waals surface area contributed by atoms with E-state index in [2.05, 4.69) is 29.1 Å². The Labute approximate surface area is 232 Å². The number of amides is 1. The fourth-order valence-corrected chi connectivity index (χ4v) is 6.15. The first-order chi connectivity index (χ1) is 19.4. The smallest absolute Gasteiger partial charge is 0.309 e. The van der Waals surface area contributed by atoms with E-state index in [1.54, 1.807) is 23.6 Å². The maximum Gasteiger partial charge on any atom is 0.309 e. The summed E-state index contributed by atoms with van der Waals surface area (Å²) in [6.07, 6.45) is 3.56. The van der Waals surface area contributed by atoms with Crippen LogP contribution in [0.25, 0.3) is 17.0 Å². The minimum absolute atomic E-state index is 0.0178. The number of hydrogen-bond donors (Lipinski definition) is 0.